The minimum atomic E-state index is -1.11. The van der Waals surface area contributed by atoms with Gasteiger partial charge in [0.2, 0.25) is 5.79 Å². The summed E-state index contributed by atoms with van der Waals surface area (Å²) in [6, 6.07) is 21.8. The highest BCUT2D eigenvalue weighted by molar-refractivity contribution is 6.35. The number of anilines is 2. The average molecular weight is 733 g/mol. The standard InChI is InChI=1S/C38H43Cl2N7O4/c1-5-27(3)47-37(48)46(25-41-47)32-9-7-30(8-10-32)43-16-18-44(19-17-43)31-11-13-33(14-12-31)49-22-34-23-50-38(51-34,24-45-21-26(2)42-28(45)4)35-15-6-29(39)20-36(35)40/h6-15,20-21,25,27,34H,5,16-19,22-24H2,1-4H3/t27?,34-,38-/m1/s1. The summed E-state index contributed by atoms with van der Waals surface area (Å²) in [5, 5.41) is 5.33. The molecular weight excluding hydrogens is 689 g/mol. The van der Waals surface area contributed by atoms with Crippen LogP contribution in [-0.4, -0.2) is 69.4 Å². The van der Waals surface area contributed by atoms with E-state index in [1.807, 2.05) is 61.9 Å². The van der Waals surface area contributed by atoms with Crippen molar-refractivity contribution < 1.29 is 14.2 Å². The molecule has 11 nitrogen and oxygen atoms in total. The van der Waals surface area contributed by atoms with Crippen LogP contribution in [0.25, 0.3) is 5.69 Å². The first-order chi connectivity index (χ1) is 24.6. The first kappa shape index (κ1) is 35.1. The number of benzene rings is 3. The van der Waals surface area contributed by atoms with Crippen LogP contribution in [0.2, 0.25) is 10.0 Å². The topological polar surface area (TPSA) is 91.8 Å². The Hall–Kier alpha value is -4.29. The Kier molecular flexibility index (Phi) is 10.2. The van der Waals surface area contributed by atoms with Crippen molar-refractivity contribution >= 4 is 34.6 Å². The number of hydrogen-bond acceptors (Lipinski definition) is 8. The van der Waals surface area contributed by atoms with Gasteiger partial charge in [-0.05, 0) is 87.9 Å². The Bertz CT molecular complexity index is 2020. The molecule has 0 radical (unpaired) electrons. The zero-order valence-corrected chi connectivity index (χ0v) is 30.8. The Morgan fingerprint density at radius 2 is 1.59 bits per heavy atom. The second-order valence-electron chi connectivity index (χ2n) is 13.3. The number of halogens is 2. The molecule has 268 valence electrons. The van der Waals surface area contributed by atoms with Crippen molar-refractivity contribution in [1.29, 1.82) is 0 Å². The van der Waals surface area contributed by atoms with Crippen LogP contribution in [-0.2, 0) is 21.8 Å². The minimum absolute atomic E-state index is 0.0653. The molecule has 0 saturated carbocycles. The summed E-state index contributed by atoms with van der Waals surface area (Å²) < 4.78 is 24.4. The summed E-state index contributed by atoms with van der Waals surface area (Å²) in [6.45, 7) is 12.6. The molecule has 0 amide bonds. The van der Waals surface area contributed by atoms with E-state index in [2.05, 4.69) is 51.1 Å². The average Bonchev–Trinajstić information content (AvgIpc) is 3.83. The van der Waals surface area contributed by atoms with Gasteiger partial charge >= 0.3 is 5.69 Å². The monoisotopic (exact) mass is 731 g/mol. The Balaban J connectivity index is 0.937. The molecule has 2 saturated heterocycles. The highest BCUT2D eigenvalue weighted by atomic mass is 35.5. The Labute approximate surface area is 307 Å². The molecule has 0 aliphatic carbocycles. The lowest BCUT2D eigenvalue weighted by Crippen LogP contribution is -2.46. The number of hydrogen-bond donors (Lipinski definition) is 0. The molecule has 2 aromatic heterocycles. The van der Waals surface area contributed by atoms with Crippen molar-refractivity contribution in [2.24, 2.45) is 0 Å². The van der Waals surface area contributed by atoms with Gasteiger partial charge in [0.1, 0.15) is 30.6 Å². The number of aryl methyl sites for hydroxylation is 2. The fraction of sp³-hybridized carbons (Fsp3) is 0.395. The second-order valence-corrected chi connectivity index (χ2v) is 14.1. The number of rotatable bonds is 11. The van der Waals surface area contributed by atoms with E-state index in [0.29, 0.717) is 35.4 Å². The molecule has 5 aromatic rings. The van der Waals surface area contributed by atoms with Gasteiger partial charge in [-0.1, -0.05) is 36.2 Å². The van der Waals surface area contributed by atoms with E-state index in [1.54, 1.807) is 27.7 Å². The molecule has 3 aromatic carbocycles. The summed E-state index contributed by atoms with van der Waals surface area (Å²) in [4.78, 5) is 22.1. The van der Waals surface area contributed by atoms with Crippen molar-refractivity contribution in [3.05, 3.63) is 117 Å². The fourth-order valence-electron chi connectivity index (χ4n) is 6.76. The van der Waals surface area contributed by atoms with Gasteiger partial charge < -0.3 is 28.6 Å². The van der Waals surface area contributed by atoms with E-state index >= 15 is 0 Å². The van der Waals surface area contributed by atoms with Crippen molar-refractivity contribution in [1.82, 2.24) is 23.9 Å². The van der Waals surface area contributed by atoms with Crippen molar-refractivity contribution in [2.45, 2.75) is 58.6 Å². The maximum Gasteiger partial charge on any atom is 0.350 e. The van der Waals surface area contributed by atoms with E-state index in [0.717, 1.165) is 66.9 Å². The van der Waals surface area contributed by atoms with Crippen LogP contribution >= 0.6 is 23.2 Å². The lowest BCUT2D eigenvalue weighted by Gasteiger charge is -2.37. The zero-order valence-electron chi connectivity index (χ0n) is 29.3. The quantitative estimate of drug-likeness (QED) is 0.147. The largest absolute Gasteiger partial charge is 0.491 e. The minimum Gasteiger partial charge on any atom is -0.491 e. The normalized spacial score (nSPS) is 19.8. The lowest BCUT2D eigenvalue weighted by atomic mass is 10.1. The van der Waals surface area contributed by atoms with E-state index < -0.39 is 5.79 Å². The Morgan fingerprint density at radius 1 is 0.941 bits per heavy atom. The van der Waals surface area contributed by atoms with Crippen LogP contribution < -0.4 is 20.2 Å². The van der Waals surface area contributed by atoms with Crippen LogP contribution in [0.5, 0.6) is 5.75 Å². The molecule has 0 bridgehead atoms. The highest BCUT2D eigenvalue weighted by Crippen LogP contribution is 2.41. The third-order valence-electron chi connectivity index (χ3n) is 9.79. The van der Waals surface area contributed by atoms with Crippen molar-refractivity contribution in [2.75, 3.05) is 49.2 Å². The zero-order chi connectivity index (χ0) is 35.7. The SMILES string of the molecule is CCC(C)n1ncn(-c2ccc(N3CCN(c4ccc(OC[C@@H]5CO[C@@](Cn6cc(C)nc6C)(c6ccc(Cl)cc6Cl)O5)cc4)CC3)cc2)c1=O. The van der Waals surface area contributed by atoms with Gasteiger partial charge in [-0.15, -0.1) is 0 Å². The number of nitrogens with zero attached hydrogens (tertiary/aromatic N) is 7. The molecule has 2 aliphatic rings. The van der Waals surface area contributed by atoms with Crippen LogP contribution in [0, 0.1) is 13.8 Å². The van der Waals surface area contributed by atoms with E-state index in [-0.39, 0.29) is 17.8 Å². The summed E-state index contributed by atoms with van der Waals surface area (Å²) in [6.07, 6.45) is 4.12. The molecule has 7 rings (SSSR count). The molecule has 2 aliphatic heterocycles. The first-order valence-corrected chi connectivity index (χ1v) is 18.1. The summed E-state index contributed by atoms with van der Waals surface area (Å²) in [5.74, 6) is 0.511. The third kappa shape index (κ3) is 7.39. The van der Waals surface area contributed by atoms with E-state index in [1.165, 1.54) is 0 Å². The number of imidazole rings is 1. The smallest absolute Gasteiger partial charge is 0.350 e. The second kappa shape index (κ2) is 14.7. The Morgan fingerprint density at radius 3 is 2.20 bits per heavy atom. The molecule has 51 heavy (non-hydrogen) atoms. The van der Waals surface area contributed by atoms with Gasteiger partial charge in [0.15, 0.2) is 0 Å². The van der Waals surface area contributed by atoms with Crippen LogP contribution in [0.4, 0.5) is 11.4 Å². The summed E-state index contributed by atoms with van der Waals surface area (Å²) in [7, 11) is 0. The summed E-state index contributed by atoms with van der Waals surface area (Å²) >= 11 is 12.9. The number of piperazine rings is 1. The van der Waals surface area contributed by atoms with Crippen LogP contribution in [0.15, 0.2) is 84.0 Å². The van der Waals surface area contributed by atoms with E-state index in [9.17, 15) is 4.79 Å². The predicted octanol–water partition coefficient (Wildman–Crippen LogP) is 6.80. The van der Waals surface area contributed by atoms with Crippen LogP contribution in [0.3, 0.4) is 0 Å². The molecule has 3 atom stereocenters. The number of ether oxygens (including phenoxy) is 3. The predicted molar refractivity (Wildman–Crippen MR) is 200 cm³/mol. The van der Waals surface area contributed by atoms with Gasteiger partial charge in [0.25, 0.3) is 0 Å². The van der Waals surface area contributed by atoms with Gasteiger partial charge in [-0.3, -0.25) is 0 Å². The van der Waals surface area contributed by atoms with Gasteiger partial charge in [0.05, 0.1) is 35.6 Å². The molecule has 4 heterocycles. The molecule has 0 N–H and O–H groups in total. The maximum atomic E-state index is 12.8. The van der Waals surface area contributed by atoms with Gasteiger partial charge in [-0.2, -0.15) is 5.10 Å². The first-order valence-electron chi connectivity index (χ1n) is 17.4. The third-order valence-corrected chi connectivity index (χ3v) is 10.3. The number of aromatic nitrogens is 5. The van der Waals surface area contributed by atoms with Crippen molar-refractivity contribution in [3.63, 3.8) is 0 Å². The summed E-state index contributed by atoms with van der Waals surface area (Å²) in [5.41, 5.74) is 4.62. The molecule has 2 fully saturated rings. The van der Waals surface area contributed by atoms with Crippen molar-refractivity contribution in [3.8, 4) is 11.4 Å². The van der Waals surface area contributed by atoms with Gasteiger partial charge in [0, 0.05) is 54.3 Å². The molecular formula is C38H43Cl2N7O4. The van der Waals surface area contributed by atoms with Crippen LogP contribution in [0.1, 0.15) is 43.4 Å². The molecule has 0 spiro atoms. The molecule has 13 heteroatoms. The lowest BCUT2D eigenvalue weighted by molar-refractivity contribution is -0.189. The van der Waals surface area contributed by atoms with Gasteiger partial charge in [-0.25, -0.2) is 19.0 Å². The fourth-order valence-corrected chi connectivity index (χ4v) is 7.32. The highest BCUT2D eigenvalue weighted by Gasteiger charge is 2.45. The maximum absolute atomic E-state index is 12.8. The molecule has 1 unspecified atom stereocenters. The van der Waals surface area contributed by atoms with E-state index in [4.69, 9.17) is 37.4 Å².